The van der Waals surface area contributed by atoms with Crippen LogP contribution < -0.4 is 0 Å². The van der Waals surface area contributed by atoms with Gasteiger partial charge in [0.05, 0.1) is 15.4 Å². The zero-order valence-corrected chi connectivity index (χ0v) is 8.70. The molecular weight excluding hydrogens is 226 g/mol. The highest BCUT2D eigenvalue weighted by molar-refractivity contribution is 9.09. The fourth-order valence-corrected chi connectivity index (χ4v) is 1.90. The van der Waals surface area contributed by atoms with Crippen LogP contribution in [-0.4, -0.2) is 11.3 Å². The topological polar surface area (TPSA) is 30.0 Å². The predicted octanol–water partition coefficient (Wildman–Crippen LogP) is 2.72. The summed E-state index contributed by atoms with van der Waals surface area (Å²) in [6, 6.07) is 0. The molecule has 11 heavy (non-hydrogen) atoms. The third kappa shape index (κ3) is 1.87. The summed E-state index contributed by atoms with van der Waals surface area (Å²) in [7, 11) is 0. The van der Waals surface area contributed by atoms with E-state index < -0.39 is 0 Å². The lowest BCUT2D eigenvalue weighted by Crippen LogP contribution is -1.81. The molecule has 0 aliphatic heterocycles. The summed E-state index contributed by atoms with van der Waals surface area (Å²) in [6.07, 6.45) is 0.853. The zero-order valence-electron chi connectivity index (χ0n) is 6.30. The lowest BCUT2D eigenvalue weighted by molar-refractivity contribution is 0.112. The summed E-state index contributed by atoms with van der Waals surface area (Å²) in [5, 5.41) is 0.963. The minimum absolute atomic E-state index is 0.236. The van der Waals surface area contributed by atoms with Gasteiger partial charge in [0.2, 0.25) is 0 Å². The van der Waals surface area contributed by atoms with Crippen LogP contribution in [0.15, 0.2) is 0 Å². The van der Waals surface area contributed by atoms with Gasteiger partial charge in [0, 0.05) is 0 Å². The SMILES string of the molecule is Cc1nc(C(C)Br)sc1C=O. The van der Waals surface area contributed by atoms with Crippen molar-refractivity contribution in [2.45, 2.75) is 18.7 Å². The highest BCUT2D eigenvalue weighted by Gasteiger charge is 2.09. The van der Waals surface area contributed by atoms with Gasteiger partial charge in [0.15, 0.2) is 6.29 Å². The van der Waals surface area contributed by atoms with Gasteiger partial charge in [-0.1, -0.05) is 15.9 Å². The molecule has 0 aliphatic carbocycles. The molecule has 1 atom stereocenters. The third-order valence-corrected chi connectivity index (χ3v) is 3.30. The molecule has 0 saturated heterocycles. The lowest BCUT2D eigenvalue weighted by Gasteiger charge is -1.92. The maximum absolute atomic E-state index is 10.4. The molecule has 1 aromatic heterocycles. The summed E-state index contributed by atoms with van der Waals surface area (Å²) in [6.45, 7) is 3.84. The standard InChI is InChI=1S/C7H8BrNOS/c1-4(8)7-9-5(2)6(3-10)11-7/h3-4H,1-2H3. The third-order valence-electron chi connectivity index (χ3n) is 1.30. The van der Waals surface area contributed by atoms with E-state index in [-0.39, 0.29) is 4.83 Å². The molecule has 2 nitrogen and oxygen atoms in total. The number of alkyl halides is 1. The van der Waals surface area contributed by atoms with Crippen LogP contribution in [-0.2, 0) is 0 Å². The summed E-state index contributed by atoms with van der Waals surface area (Å²) in [5.41, 5.74) is 0.825. The Hall–Kier alpha value is -0.220. The van der Waals surface area contributed by atoms with Crippen molar-refractivity contribution in [3.05, 3.63) is 15.6 Å². The first kappa shape index (κ1) is 8.87. The number of hydrogen-bond donors (Lipinski definition) is 0. The van der Waals surface area contributed by atoms with Crippen molar-refractivity contribution in [3.8, 4) is 0 Å². The van der Waals surface area contributed by atoms with Gasteiger partial charge >= 0.3 is 0 Å². The average molecular weight is 234 g/mol. The summed E-state index contributed by atoms with van der Waals surface area (Å²) in [5.74, 6) is 0. The minimum atomic E-state index is 0.236. The second-order valence-electron chi connectivity index (χ2n) is 2.24. The van der Waals surface area contributed by atoms with Crippen molar-refractivity contribution in [1.82, 2.24) is 4.98 Å². The summed E-state index contributed by atoms with van der Waals surface area (Å²) < 4.78 is 0. The molecule has 0 amide bonds. The van der Waals surface area contributed by atoms with E-state index in [0.717, 1.165) is 21.9 Å². The number of nitrogens with zero attached hydrogens (tertiary/aromatic N) is 1. The number of aldehydes is 1. The number of carbonyl (C=O) groups excluding carboxylic acids is 1. The number of aryl methyl sites for hydroxylation is 1. The van der Waals surface area contributed by atoms with Crippen molar-refractivity contribution < 1.29 is 4.79 Å². The van der Waals surface area contributed by atoms with Gasteiger partial charge in [-0.15, -0.1) is 11.3 Å². The quantitative estimate of drug-likeness (QED) is 0.581. The Bertz CT molecular complexity index is 269. The van der Waals surface area contributed by atoms with Crippen LogP contribution in [0.3, 0.4) is 0 Å². The first-order valence-electron chi connectivity index (χ1n) is 3.21. The van der Waals surface area contributed by atoms with E-state index in [1.54, 1.807) is 0 Å². The van der Waals surface area contributed by atoms with Crippen LogP contribution in [0.1, 0.15) is 32.1 Å². The highest BCUT2D eigenvalue weighted by atomic mass is 79.9. The molecule has 0 radical (unpaired) electrons. The molecule has 0 saturated carbocycles. The molecule has 0 aromatic carbocycles. The van der Waals surface area contributed by atoms with Gasteiger partial charge in [-0.25, -0.2) is 4.98 Å². The molecule has 60 valence electrons. The smallest absolute Gasteiger partial charge is 0.161 e. The Kier molecular flexibility index (Phi) is 2.78. The number of aromatic nitrogens is 1. The Balaban J connectivity index is 3.04. The Morgan fingerprint density at radius 3 is 2.64 bits per heavy atom. The first-order chi connectivity index (χ1) is 5.15. The van der Waals surface area contributed by atoms with Crippen molar-refractivity contribution in [3.63, 3.8) is 0 Å². The molecule has 1 unspecified atom stereocenters. The maximum Gasteiger partial charge on any atom is 0.161 e. The van der Waals surface area contributed by atoms with Gasteiger partial charge < -0.3 is 0 Å². The summed E-state index contributed by atoms with van der Waals surface area (Å²) >= 11 is 4.83. The van der Waals surface area contributed by atoms with Crippen LogP contribution in [0.25, 0.3) is 0 Å². The Labute approximate surface area is 77.8 Å². The second-order valence-corrected chi connectivity index (χ2v) is 4.67. The summed E-state index contributed by atoms with van der Waals surface area (Å²) in [4.78, 5) is 15.6. The van der Waals surface area contributed by atoms with Crippen LogP contribution in [0, 0.1) is 6.92 Å². The van der Waals surface area contributed by atoms with Gasteiger partial charge in [0.25, 0.3) is 0 Å². The molecule has 0 fully saturated rings. The van der Waals surface area contributed by atoms with Crippen LogP contribution in [0.2, 0.25) is 0 Å². The average Bonchev–Trinajstić information content (AvgIpc) is 2.31. The van der Waals surface area contributed by atoms with Crippen molar-refractivity contribution in [2.75, 3.05) is 0 Å². The fourth-order valence-electron chi connectivity index (χ4n) is 0.709. The maximum atomic E-state index is 10.4. The molecular formula is C7H8BrNOS. The van der Waals surface area contributed by atoms with Gasteiger partial charge in [-0.2, -0.15) is 0 Å². The number of hydrogen-bond acceptors (Lipinski definition) is 3. The monoisotopic (exact) mass is 233 g/mol. The minimum Gasteiger partial charge on any atom is -0.297 e. The first-order valence-corrected chi connectivity index (χ1v) is 4.95. The Morgan fingerprint density at radius 2 is 2.36 bits per heavy atom. The van der Waals surface area contributed by atoms with Crippen molar-refractivity contribution in [1.29, 1.82) is 0 Å². The second kappa shape index (κ2) is 3.45. The van der Waals surface area contributed by atoms with Gasteiger partial charge in [0.1, 0.15) is 5.01 Å². The molecule has 1 aromatic rings. The number of rotatable bonds is 2. The molecule has 0 aliphatic rings. The molecule has 0 spiro atoms. The van der Waals surface area contributed by atoms with Crippen LogP contribution in [0.4, 0.5) is 0 Å². The normalized spacial score (nSPS) is 13.0. The molecule has 0 bridgehead atoms. The largest absolute Gasteiger partial charge is 0.297 e. The van der Waals surface area contributed by atoms with E-state index in [9.17, 15) is 4.79 Å². The molecule has 0 N–H and O–H groups in total. The lowest BCUT2D eigenvalue weighted by atomic mass is 10.4. The zero-order chi connectivity index (χ0) is 8.43. The van der Waals surface area contributed by atoms with E-state index in [0.29, 0.717) is 0 Å². The van der Waals surface area contributed by atoms with Gasteiger partial charge in [-0.3, -0.25) is 4.79 Å². The van der Waals surface area contributed by atoms with Crippen molar-refractivity contribution in [2.24, 2.45) is 0 Å². The molecule has 1 rings (SSSR count). The predicted molar refractivity (Wildman–Crippen MR) is 49.6 cm³/mol. The number of thiazole rings is 1. The number of halogens is 1. The van der Waals surface area contributed by atoms with E-state index in [1.165, 1.54) is 11.3 Å². The fraction of sp³-hybridized carbons (Fsp3) is 0.429. The van der Waals surface area contributed by atoms with Gasteiger partial charge in [-0.05, 0) is 13.8 Å². The van der Waals surface area contributed by atoms with E-state index in [2.05, 4.69) is 20.9 Å². The molecule has 1 heterocycles. The Morgan fingerprint density at radius 1 is 1.73 bits per heavy atom. The van der Waals surface area contributed by atoms with E-state index in [4.69, 9.17) is 0 Å². The van der Waals surface area contributed by atoms with E-state index in [1.807, 2.05) is 13.8 Å². The van der Waals surface area contributed by atoms with E-state index >= 15 is 0 Å². The number of carbonyl (C=O) groups is 1. The van der Waals surface area contributed by atoms with Crippen molar-refractivity contribution >= 4 is 33.6 Å². The van der Waals surface area contributed by atoms with Crippen LogP contribution >= 0.6 is 27.3 Å². The highest BCUT2D eigenvalue weighted by Crippen LogP contribution is 2.27. The van der Waals surface area contributed by atoms with Crippen LogP contribution in [0.5, 0.6) is 0 Å². The molecule has 4 heteroatoms.